The number of aryl methyl sites for hydroxylation is 1. The highest BCUT2D eigenvalue weighted by Gasteiger charge is 2.26. The molecule has 8 heteroatoms. The number of hydrogen-bond acceptors (Lipinski definition) is 6. The maximum Gasteiger partial charge on any atom is 0.316 e. The summed E-state index contributed by atoms with van der Waals surface area (Å²) in [5, 5.41) is 0.510. The van der Waals surface area contributed by atoms with E-state index in [4.69, 9.17) is 4.74 Å². The third kappa shape index (κ3) is 4.26. The van der Waals surface area contributed by atoms with Gasteiger partial charge in [0, 0.05) is 18.9 Å². The number of carbonyl (C=O) groups is 1. The summed E-state index contributed by atoms with van der Waals surface area (Å²) in [4.78, 5) is 39.9. The molecular weight excluding hydrogens is 370 g/mol. The Morgan fingerprint density at radius 1 is 1.21 bits per heavy atom. The maximum absolute atomic E-state index is 12.8. The standard InChI is InChI=1S/C21H23N5O3/c1-2-15-10-22-21(23-11-15)29-16-6-5-9-25(12-16)19(27)13-26-14-24-18-8-4-3-7-17(18)20(26)28/h3-4,7-8,10-11,14,16H,2,5-6,9,12-13H2,1H3. The average Bonchev–Trinajstić information content (AvgIpc) is 2.76. The Kier molecular flexibility index (Phi) is 5.50. The van der Waals surface area contributed by atoms with E-state index in [-0.39, 0.29) is 24.1 Å². The SMILES string of the molecule is CCc1cnc(OC2CCCN(C(=O)Cn3cnc4ccccc4c3=O)C2)nc1. The van der Waals surface area contributed by atoms with E-state index in [1.54, 1.807) is 35.5 Å². The number of benzene rings is 1. The monoisotopic (exact) mass is 393 g/mol. The van der Waals surface area contributed by atoms with Crippen LogP contribution in [0, 0.1) is 0 Å². The van der Waals surface area contributed by atoms with Crippen molar-refractivity contribution in [3.05, 3.63) is 58.9 Å². The Morgan fingerprint density at radius 2 is 2.00 bits per heavy atom. The minimum atomic E-state index is -0.210. The predicted molar refractivity (Wildman–Crippen MR) is 108 cm³/mol. The van der Waals surface area contributed by atoms with Gasteiger partial charge in [0.25, 0.3) is 5.56 Å². The van der Waals surface area contributed by atoms with Gasteiger partial charge in [0.1, 0.15) is 12.6 Å². The first-order valence-electron chi connectivity index (χ1n) is 9.83. The molecule has 1 aliphatic rings. The van der Waals surface area contributed by atoms with Crippen LogP contribution in [-0.4, -0.2) is 49.5 Å². The van der Waals surface area contributed by atoms with Gasteiger partial charge in [0.2, 0.25) is 5.91 Å². The Balaban J connectivity index is 1.42. The van der Waals surface area contributed by atoms with Crippen molar-refractivity contribution in [3.63, 3.8) is 0 Å². The lowest BCUT2D eigenvalue weighted by Crippen LogP contribution is -2.46. The van der Waals surface area contributed by atoms with Crippen LogP contribution in [0.5, 0.6) is 6.01 Å². The predicted octanol–water partition coefficient (Wildman–Crippen LogP) is 1.82. The molecule has 4 rings (SSSR count). The smallest absolute Gasteiger partial charge is 0.316 e. The van der Waals surface area contributed by atoms with E-state index in [2.05, 4.69) is 15.0 Å². The molecule has 1 atom stereocenters. The van der Waals surface area contributed by atoms with Gasteiger partial charge < -0.3 is 9.64 Å². The van der Waals surface area contributed by atoms with Crippen LogP contribution < -0.4 is 10.3 Å². The molecule has 1 aliphatic heterocycles. The van der Waals surface area contributed by atoms with Gasteiger partial charge in [-0.25, -0.2) is 15.0 Å². The van der Waals surface area contributed by atoms with E-state index in [9.17, 15) is 9.59 Å². The van der Waals surface area contributed by atoms with Crippen LogP contribution in [-0.2, 0) is 17.8 Å². The number of fused-ring (bicyclic) bond motifs is 1. The third-order valence-electron chi connectivity index (χ3n) is 5.13. The number of nitrogens with zero attached hydrogens (tertiary/aromatic N) is 5. The van der Waals surface area contributed by atoms with Crippen molar-refractivity contribution in [3.8, 4) is 6.01 Å². The molecule has 1 amide bonds. The molecule has 29 heavy (non-hydrogen) atoms. The molecular formula is C21H23N5O3. The summed E-state index contributed by atoms with van der Waals surface area (Å²) >= 11 is 0. The molecule has 3 aromatic rings. The van der Waals surface area contributed by atoms with Gasteiger partial charge in [-0.1, -0.05) is 19.1 Å². The number of para-hydroxylation sites is 1. The fourth-order valence-corrected chi connectivity index (χ4v) is 3.46. The minimum absolute atomic E-state index is 0.0366. The number of likely N-dealkylation sites (tertiary alicyclic amines) is 1. The molecule has 0 bridgehead atoms. The van der Waals surface area contributed by atoms with Gasteiger partial charge in [-0.05, 0) is 37.0 Å². The molecule has 2 aromatic heterocycles. The summed E-state index contributed by atoms with van der Waals surface area (Å²) in [5.41, 5.74) is 1.46. The zero-order chi connectivity index (χ0) is 20.2. The largest absolute Gasteiger partial charge is 0.458 e. The van der Waals surface area contributed by atoms with Gasteiger partial charge in [-0.2, -0.15) is 0 Å². The van der Waals surface area contributed by atoms with Crippen LogP contribution in [0.25, 0.3) is 10.9 Å². The summed E-state index contributed by atoms with van der Waals surface area (Å²) in [6, 6.07) is 7.46. The van der Waals surface area contributed by atoms with Gasteiger partial charge in [0.15, 0.2) is 0 Å². The normalized spacial score (nSPS) is 16.7. The van der Waals surface area contributed by atoms with E-state index in [0.29, 0.717) is 30.0 Å². The lowest BCUT2D eigenvalue weighted by atomic mass is 10.1. The second-order valence-corrected chi connectivity index (χ2v) is 7.14. The molecule has 0 aliphatic carbocycles. The number of aromatic nitrogens is 4. The molecule has 0 saturated carbocycles. The number of piperidine rings is 1. The quantitative estimate of drug-likeness (QED) is 0.657. The van der Waals surface area contributed by atoms with Crippen molar-refractivity contribution in [2.24, 2.45) is 0 Å². The van der Waals surface area contributed by atoms with Crippen molar-refractivity contribution in [1.29, 1.82) is 0 Å². The molecule has 150 valence electrons. The van der Waals surface area contributed by atoms with E-state index in [1.807, 2.05) is 13.0 Å². The Hall–Kier alpha value is -3.29. The van der Waals surface area contributed by atoms with E-state index >= 15 is 0 Å². The summed E-state index contributed by atoms with van der Waals surface area (Å²) in [5.74, 6) is -0.125. The zero-order valence-electron chi connectivity index (χ0n) is 16.3. The second kappa shape index (κ2) is 8.38. The lowest BCUT2D eigenvalue weighted by Gasteiger charge is -2.32. The average molecular weight is 393 g/mol. The second-order valence-electron chi connectivity index (χ2n) is 7.14. The first kappa shape index (κ1) is 19.0. The lowest BCUT2D eigenvalue weighted by molar-refractivity contribution is -0.134. The molecule has 1 aromatic carbocycles. The van der Waals surface area contributed by atoms with E-state index in [1.165, 1.54) is 10.9 Å². The molecule has 8 nitrogen and oxygen atoms in total. The van der Waals surface area contributed by atoms with Gasteiger partial charge in [-0.15, -0.1) is 0 Å². The highest BCUT2D eigenvalue weighted by molar-refractivity contribution is 5.79. The fraction of sp³-hybridized carbons (Fsp3) is 0.381. The molecule has 0 spiro atoms. The first-order chi connectivity index (χ1) is 14.1. The van der Waals surface area contributed by atoms with Crippen molar-refractivity contribution in [2.45, 2.75) is 38.8 Å². The number of rotatable bonds is 5. The van der Waals surface area contributed by atoms with Crippen LogP contribution in [0.1, 0.15) is 25.3 Å². The highest BCUT2D eigenvalue weighted by Crippen LogP contribution is 2.16. The van der Waals surface area contributed by atoms with E-state index in [0.717, 1.165) is 24.8 Å². The summed E-state index contributed by atoms with van der Waals surface area (Å²) in [6.07, 6.45) is 7.32. The van der Waals surface area contributed by atoms with Crippen molar-refractivity contribution in [2.75, 3.05) is 13.1 Å². The summed E-state index contributed by atoms with van der Waals surface area (Å²) < 4.78 is 7.23. The molecule has 1 fully saturated rings. The van der Waals surface area contributed by atoms with Crippen molar-refractivity contribution < 1.29 is 9.53 Å². The van der Waals surface area contributed by atoms with Crippen molar-refractivity contribution >= 4 is 16.8 Å². The van der Waals surface area contributed by atoms with Crippen LogP contribution in [0.3, 0.4) is 0 Å². The van der Waals surface area contributed by atoms with Crippen LogP contribution in [0.2, 0.25) is 0 Å². The minimum Gasteiger partial charge on any atom is -0.458 e. The maximum atomic E-state index is 12.8. The van der Waals surface area contributed by atoms with E-state index < -0.39 is 0 Å². The Labute approximate surface area is 168 Å². The van der Waals surface area contributed by atoms with Gasteiger partial charge in [-0.3, -0.25) is 14.2 Å². The Morgan fingerprint density at radius 3 is 2.79 bits per heavy atom. The van der Waals surface area contributed by atoms with Crippen LogP contribution in [0.4, 0.5) is 0 Å². The summed E-state index contributed by atoms with van der Waals surface area (Å²) in [7, 11) is 0. The van der Waals surface area contributed by atoms with Gasteiger partial charge in [0.05, 0.1) is 23.8 Å². The topological polar surface area (TPSA) is 90.2 Å². The number of amides is 1. The number of carbonyl (C=O) groups excluding carboxylic acids is 1. The Bertz CT molecular complexity index is 1060. The fourth-order valence-electron chi connectivity index (χ4n) is 3.46. The van der Waals surface area contributed by atoms with Crippen molar-refractivity contribution in [1.82, 2.24) is 24.4 Å². The summed E-state index contributed by atoms with van der Waals surface area (Å²) in [6.45, 7) is 3.10. The zero-order valence-corrected chi connectivity index (χ0v) is 16.3. The molecule has 1 unspecified atom stereocenters. The molecule has 3 heterocycles. The number of hydrogen-bond donors (Lipinski definition) is 0. The molecule has 0 radical (unpaired) electrons. The van der Waals surface area contributed by atoms with Gasteiger partial charge >= 0.3 is 6.01 Å². The molecule has 1 saturated heterocycles. The highest BCUT2D eigenvalue weighted by atomic mass is 16.5. The van der Waals surface area contributed by atoms with Crippen LogP contribution in [0.15, 0.2) is 47.8 Å². The molecule has 0 N–H and O–H groups in total. The third-order valence-corrected chi connectivity index (χ3v) is 5.13. The number of ether oxygens (including phenoxy) is 1. The first-order valence-corrected chi connectivity index (χ1v) is 9.83. The van der Waals surface area contributed by atoms with Crippen LogP contribution >= 0.6 is 0 Å².